The maximum absolute atomic E-state index is 5.28. The molecule has 30 heavy (non-hydrogen) atoms. The Morgan fingerprint density at radius 2 is 1.60 bits per heavy atom. The summed E-state index contributed by atoms with van der Waals surface area (Å²) < 4.78 is 0. The molecule has 0 saturated carbocycles. The van der Waals surface area contributed by atoms with Gasteiger partial charge in [0.25, 0.3) is 0 Å². The van der Waals surface area contributed by atoms with Crippen LogP contribution in [0.5, 0.6) is 0 Å². The van der Waals surface area contributed by atoms with Gasteiger partial charge in [0.1, 0.15) is 0 Å². The minimum Gasteiger partial charge on any atom is -0.378 e. The minimum absolute atomic E-state index is 0.346. The van der Waals surface area contributed by atoms with Crippen molar-refractivity contribution in [3.63, 3.8) is 0 Å². The van der Waals surface area contributed by atoms with Crippen LogP contribution in [0.1, 0.15) is 73.2 Å². The van der Waals surface area contributed by atoms with Gasteiger partial charge in [0, 0.05) is 16.9 Å². The normalized spacial score (nSPS) is 15.7. The van der Waals surface area contributed by atoms with Crippen LogP contribution in [0.2, 0.25) is 0 Å². The second kappa shape index (κ2) is 9.04. The molecule has 0 bridgehead atoms. The molecule has 156 valence electrons. The molecule has 4 rings (SSSR count). The van der Waals surface area contributed by atoms with Gasteiger partial charge in [-0.2, -0.15) is 0 Å². The maximum atomic E-state index is 5.28. The lowest BCUT2D eigenvalue weighted by Crippen LogP contribution is -2.21. The number of hydrogen-bond acceptors (Lipinski definition) is 2. The van der Waals surface area contributed by atoms with Gasteiger partial charge in [0.15, 0.2) is 0 Å². The van der Waals surface area contributed by atoms with Crippen LogP contribution >= 0.6 is 0 Å². The molecule has 2 heteroatoms. The molecule has 1 unspecified atom stereocenters. The fraction of sp³-hybridized carbons (Fsp3) is 0.393. The molecule has 0 fully saturated rings. The Hall–Kier alpha value is -2.61. The van der Waals surface area contributed by atoms with Crippen LogP contribution in [-0.2, 0) is 25.7 Å². The van der Waals surface area contributed by atoms with Gasteiger partial charge in [-0.3, -0.25) is 4.98 Å². The Balaban J connectivity index is 1.81. The molecular formula is C28H34N2. The molecule has 2 nitrogen and oxygen atoms in total. The zero-order chi connectivity index (χ0) is 21.1. The number of nitrogens with one attached hydrogen (secondary N) is 1. The zero-order valence-corrected chi connectivity index (χ0v) is 18.9. The smallest absolute Gasteiger partial charge is 0.0713 e. The summed E-state index contributed by atoms with van der Waals surface area (Å²) in [5.41, 5.74) is 12.1. The number of aromatic nitrogens is 1. The Labute approximate surface area is 181 Å². The summed E-state index contributed by atoms with van der Waals surface area (Å²) >= 11 is 0. The highest BCUT2D eigenvalue weighted by atomic mass is 14.9. The monoisotopic (exact) mass is 398 g/mol. The summed E-state index contributed by atoms with van der Waals surface area (Å²) in [7, 11) is 0. The van der Waals surface area contributed by atoms with Crippen molar-refractivity contribution in [3.8, 4) is 11.3 Å². The molecule has 0 spiro atoms. The third-order valence-electron chi connectivity index (χ3n) is 6.59. The largest absolute Gasteiger partial charge is 0.378 e. The Morgan fingerprint density at radius 3 is 2.27 bits per heavy atom. The number of nitrogens with zero attached hydrogens (tertiary/aromatic N) is 1. The minimum atomic E-state index is 0.346. The number of fused-ring (bicyclic) bond motifs is 1. The summed E-state index contributed by atoms with van der Waals surface area (Å²) in [6, 6.07) is 18.1. The van der Waals surface area contributed by atoms with Crippen molar-refractivity contribution in [3.05, 3.63) is 82.0 Å². The van der Waals surface area contributed by atoms with E-state index in [-0.39, 0.29) is 0 Å². The lowest BCUT2D eigenvalue weighted by Gasteiger charge is -2.30. The van der Waals surface area contributed by atoms with E-state index in [2.05, 4.69) is 81.5 Å². The molecule has 0 aliphatic heterocycles. The van der Waals surface area contributed by atoms with Crippen molar-refractivity contribution in [1.29, 1.82) is 0 Å². The van der Waals surface area contributed by atoms with E-state index in [4.69, 9.17) is 4.98 Å². The molecule has 2 aromatic carbocycles. The van der Waals surface area contributed by atoms with E-state index in [0.717, 1.165) is 25.7 Å². The molecule has 1 aliphatic rings. The number of rotatable bonds is 6. The van der Waals surface area contributed by atoms with Crippen LogP contribution in [0, 0.1) is 6.92 Å². The summed E-state index contributed by atoms with van der Waals surface area (Å²) in [6.07, 6.45) is 6.56. The van der Waals surface area contributed by atoms with Gasteiger partial charge in [-0.15, -0.1) is 0 Å². The first kappa shape index (κ1) is 20.7. The first-order valence-corrected chi connectivity index (χ1v) is 11.6. The van der Waals surface area contributed by atoms with Crippen LogP contribution in [0.3, 0.4) is 0 Å². The third kappa shape index (κ3) is 3.88. The van der Waals surface area contributed by atoms with Crippen LogP contribution < -0.4 is 5.32 Å². The Kier molecular flexibility index (Phi) is 6.22. The van der Waals surface area contributed by atoms with E-state index in [9.17, 15) is 0 Å². The van der Waals surface area contributed by atoms with Crippen molar-refractivity contribution < 1.29 is 0 Å². The van der Waals surface area contributed by atoms with Crippen molar-refractivity contribution in [2.24, 2.45) is 0 Å². The zero-order valence-electron chi connectivity index (χ0n) is 18.9. The SMILES string of the molecule is CCc1cccc(CC)c1-c1cc(CC)c2c(n1)CCCC2Nc1ccccc1C. The highest BCUT2D eigenvalue weighted by Crippen LogP contribution is 2.38. The second-order valence-electron chi connectivity index (χ2n) is 8.44. The van der Waals surface area contributed by atoms with E-state index >= 15 is 0 Å². The van der Waals surface area contributed by atoms with Crippen LogP contribution in [0.25, 0.3) is 11.3 Å². The predicted octanol–water partition coefficient (Wildman–Crippen LogP) is 7.23. The fourth-order valence-electron chi connectivity index (χ4n) is 4.96. The summed E-state index contributed by atoms with van der Waals surface area (Å²) in [6.45, 7) is 8.96. The predicted molar refractivity (Wildman–Crippen MR) is 128 cm³/mol. The van der Waals surface area contributed by atoms with E-state index < -0.39 is 0 Å². The van der Waals surface area contributed by atoms with Gasteiger partial charge < -0.3 is 5.32 Å². The van der Waals surface area contributed by atoms with Crippen molar-refractivity contribution >= 4 is 5.69 Å². The van der Waals surface area contributed by atoms with E-state index in [1.54, 1.807) is 0 Å². The molecule has 0 saturated heterocycles. The topological polar surface area (TPSA) is 24.9 Å². The molecule has 1 atom stereocenters. The molecule has 1 aromatic heterocycles. The average molecular weight is 399 g/mol. The van der Waals surface area contributed by atoms with Crippen LogP contribution in [-0.4, -0.2) is 4.98 Å². The van der Waals surface area contributed by atoms with Crippen LogP contribution in [0.15, 0.2) is 48.5 Å². The maximum Gasteiger partial charge on any atom is 0.0713 e. The average Bonchev–Trinajstić information content (AvgIpc) is 2.79. The van der Waals surface area contributed by atoms with E-state index in [1.807, 2.05) is 0 Å². The number of aryl methyl sites for hydroxylation is 5. The third-order valence-corrected chi connectivity index (χ3v) is 6.59. The summed E-state index contributed by atoms with van der Waals surface area (Å²) in [5, 5.41) is 3.84. The quantitative estimate of drug-likeness (QED) is 0.473. The number of hydrogen-bond donors (Lipinski definition) is 1. The standard InChI is InChI=1S/C28H34N2/c1-5-20-13-10-14-21(6-2)27(20)26-18-22(7-3)28-24(16-11-17-25(28)30-26)29-23-15-9-8-12-19(23)4/h8-10,12-15,18,24,29H,5-7,11,16-17H2,1-4H3. The van der Waals surface area contributed by atoms with Gasteiger partial charge in [0.2, 0.25) is 0 Å². The highest BCUT2D eigenvalue weighted by molar-refractivity contribution is 5.70. The lowest BCUT2D eigenvalue weighted by atomic mass is 9.85. The van der Waals surface area contributed by atoms with Gasteiger partial charge in [0.05, 0.1) is 11.7 Å². The Bertz CT molecular complexity index is 995. The number of benzene rings is 2. The summed E-state index contributed by atoms with van der Waals surface area (Å²) in [5.74, 6) is 0. The van der Waals surface area contributed by atoms with Gasteiger partial charge in [-0.25, -0.2) is 0 Å². The Morgan fingerprint density at radius 1 is 0.900 bits per heavy atom. The molecule has 3 aromatic rings. The highest BCUT2D eigenvalue weighted by Gasteiger charge is 2.26. The van der Waals surface area contributed by atoms with Gasteiger partial charge in [-0.1, -0.05) is 57.2 Å². The van der Waals surface area contributed by atoms with Crippen molar-refractivity contribution in [2.75, 3.05) is 5.32 Å². The fourth-order valence-corrected chi connectivity index (χ4v) is 4.96. The number of anilines is 1. The number of pyridine rings is 1. The molecular weight excluding hydrogens is 364 g/mol. The van der Waals surface area contributed by atoms with Crippen molar-refractivity contribution in [2.45, 2.75) is 72.3 Å². The first-order valence-electron chi connectivity index (χ1n) is 11.6. The molecule has 0 amide bonds. The summed E-state index contributed by atoms with van der Waals surface area (Å²) in [4.78, 5) is 5.28. The van der Waals surface area contributed by atoms with Crippen molar-refractivity contribution in [1.82, 2.24) is 4.98 Å². The van der Waals surface area contributed by atoms with E-state index in [0.29, 0.717) is 6.04 Å². The number of para-hydroxylation sites is 1. The molecule has 1 aliphatic carbocycles. The first-order chi connectivity index (χ1) is 14.7. The van der Waals surface area contributed by atoms with Crippen LogP contribution in [0.4, 0.5) is 5.69 Å². The van der Waals surface area contributed by atoms with Gasteiger partial charge >= 0.3 is 0 Å². The second-order valence-corrected chi connectivity index (χ2v) is 8.44. The van der Waals surface area contributed by atoms with E-state index in [1.165, 1.54) is 63.3 Å². The molecule has 0 radical (unpaired) electrons. The molecule has 1 heterocycles. The molecule has 1 N–H and O–H groups in total. The van der Waals surface area contributed by atoms with Gasteiger partial charge in [-0.05, 0) is 85.4 Å². The lowest BCUT2D eigenvalue weighted by molar-refractivity contribution is 0.583.